The van der Waals surface area contributed by atoms with Crippen LogP contribution in [0.25, 0.3) is 33.7 Å². The molecule has 0 unspecified atom stereocenters. The SMILES string of the molecule is COc1ccc2c(c1)c(-c1nc(-c3ccncc3)no1)c(C(F)(F)F)n2Cc1ccc(Cl)cc1. The van der Waals surface area contributed by atoms with Gasteiger partial charge < -0.3 is 13.8 Å². The first-order chi connectivity index (χ1) is 16.3. The molecule has 0 atom stereocenters. The Bertz CT molecular complexity index is 1460. The maximum atomic E-state index is 14.5. The predicted octanol–water partition coefficient (Wildman–Crippen LogP) is 6.48. The summed E-state index contributed by atoms with van der Waals surface area (Å²) in [5, 5.41) is 4.68. The van der Waals surface area contributed by atoms with Crippen molar-refractivity contribution >= 4 is 22.5 Å². The van der Waals surface area contributed by atoms with Gasteiger partial charge in [-0.15, -0.1) is 0 Å². The van der Waals surface area contributed by atoms with Crippen LogP contribution >= 0.6 is 11.6 Å². The number of nitrogens with zero attached hydrogens (tertiary/aromatic N) is 4. The molecule has 0 N–H and O–H groups in total. The van der Waals surface area contributed by atoms with Gasteiger partial charge in [0.2, 0.25) is 5.82 Å². The molecule has 0 bridgehead atoms. The van der Waals surface area contributed by atoms with Crippen LogP contribution in [0.1, 0.15) is 11.3 Å². The smallest absolute Gasteiger partial charge is 0.432 e. The summed E-state index contributed by atoms with van der Waals surface area (Å²) < 4.78 is 55.4. The van der Waals surface area contributed by atoms with Gasteiger partial charge in [-0.05, 0) is 48.0 Å². The average molecular weight is 485 g/mol. The van der Waals surface area contributed by atoms with E-state index in [-0.39, 0.29) is 29.2 Å². The average Bonchev–Trinajstić information content (AvgIpc) is 3.43. The summed E-state index contributed by atoms with van der Waals surface area (Å²) in [5.41, 5.74) is 0.471. The van der Waals surface area contributed by atoms with E-state index in [2.05, 4.69) is 15.1 Å². The summed E-state index contributed by atoms with van der Waals surface area (Å²) >= 11 is 5.95. The van der Waals surface area contributed by atoms with E-state index in [1.165, 1.54) is 30.1 Å². The summed E-state index contributed by atoms with van der Waals surface area (Å²) in [7, 11) is 1.45. The molecule has 34 heavy (non-hydrogen) atoms. The van der Waals surface area contributed by atoms with Gasteiger partial charge in [-0.2, -0.15) is 18.2 Å². The molecule has 3 aromatic heterocycles. The second kappa shape index (κ2) is 8.49. The van der Waals surface area contributed by atoms with Crippen LogP contribution in [0.15, 0.2) is 71.5 Å². The number of hydrogen-bond acceptors (Lipinski definition) is 5. The highest BCUT2D eigenvalue weighted by Crippen LogP contribution is 2.44. The Morgan fingerprint density at radius 2 is 1.76 bits per heavy atom. The van der Waals surface area contributed by atoms with Gasteiger partial charge in [0.1, 0.15) is 11.4 Å². The molecule has 10 heteroatoms. The van der Waals surface area contributed by atoms with Gasteiger partial charge >= 0.3 is 6.18 Å². The molecule has 3 heterocycles. The lowest BCUT2D eigenvalue weighted by Gasteiger charge is -2.14. The molecule has 0 spiro atoms. The van der Waals surface area contributed by atoms with Crippen LogP contribution in [-0.4, -0.2) is 26.8 Å². The first-order valence-electron chi connectivity index (χ1n) is 10.1. The number of aromatic nitrogens is 4. The normalized spacial score (nSPS) is 11.8. The largest absolute Gasteiger partial charge is 0.497 e. The zero-order valence-corrected chi connectivity index (χ0v) is 18.4. The third-order valence-electron chi connectivity index (χ3n) is 5.37. The van der Waals surface area contributed by atoms with Crippen LogP contribution in [0.5, 0.6) is 5.75 Å². The maximum absolute atomic E-state index is 14.5. The van der Waals surface area contributed by atoms with E-state index in [4.69, 9.17) is 20.9 Å². The third-order valence-corrected chi connectivity index (χ3v) is 5.62. The summed E-state index contributed by atoms with van der Waals surface area (Å²) in [6.45, 7) is -0.0415. The number of pyridine rings is 1. The van der Waals surface area contributed by atoms with E-state index < -0.39 is 11.9 Å². The Labute approximate surface area is 196 Å². The van der Waals surface area contributed by atoms with Gasteiger partial charge in [0.25, 0.3) is 5.89 Å². The van der Waals surface area contributed by atoms with Crippen molar-refractivity contribution in [2.45, 2.75) is 12.7 Å². The fourth-order valence-electron chi connectivity index (χ4n) is 3.85. The molecule has 0 radical (unpaired) electrons. The van der Waals surface area contributed by atoms with Crippen LogP contribution in [0.3, 0.4) is 0 Å². The molecule has 172 valence electrons. The van der Waals surface area contributed by atoms with Gasteiger partial charge in [-0.3, -0.25) is 4.98 Å². The van der Waals surface area contributed by atoms with Crippen LogP contribution < -0.4 is 4.74 Å². The number of ether oxygens (including phenoxy) is 1. The molecule has 0 aliphatic carbocycles. The van der Waals surface area contributed by atoms with Gasteiger partial charge in [0, 0.05) is 40.4 Å². The zero-order chi connectivity index (χ0) is 23.9. The van der Waals surface area contributed by atoms with Crippen molar-refractivity contribution < 1.29 is 22.4 Å². The summed E-state index contributed by atoms with van der Waals surface area (Å²) in [6, 6.07) is 14.7. The van der Waals surface area contributed by atoms with Crippen molar-refractivity contribution in [3.05, 3.63) is 83.3 Å². The molecule has 2 aromatic carbocycles. The summed E-state index contributed by atoms with van der Waals surface area (Å²) in [5.74, 6) is 0.319. The van der Waals surface area contributed by atoms with E-state index in [1.807, 2.05) is 0 Å². The molecular formula is C24H16ClF3N4O2. The van der Waals surface area contributed by atoms with E-state index >= 15 is 0 Å². The highest BCUT2D eigenvalue weighted by molar-refractivity contribution is 6.30. The molecule has 0 fully saturated rings. The molecule has 0 amide bonds. The molecule has 0 aliphatic rings. The topological polar surface area (TPSA) is 66.0 Å². The van der Waals surface area contributed by atoms with Crippen molar-refractivity contribution in [2.75, 3.05) is 7.11 Å². The quantitative estimate of drug-likeness (QED) is 0.285. The molecule has 0 saturated heterocycles. The highest BCUT2D eigenvalue weighted by atomic mass is 35.5. The minimum atomic E-state index is -4.71. The lowest BCUT2D eigenvalue weighted by atomic mass is 10.1. The van der Waals surface area contributed by atoms with E-state index in [0.717, 1.165) is 0 Å². The minimum absolute atomic E-state index is 0.0415. The Morgan fingerprint density at radius 3 is 2.44 bits per heavy atom. The lowest BCUT2D eigenvalue weighted by Crippen LogP contribution is -2.15. The Balaban J connectivity index is 1.76. The standard InChI is InChI=1S/C24H16ClF3N4O2/c1-33-17-6-7-19-18(12-17)20(23-30-22(31-34-23)15-8-10-29-11-9-15)21(24(26,27)28)32(19)13-14-2-4-16(25)5-3-14/h2-12H,13H2,1H3. The molecule has 0 aliphatic heterocycles. The van der Waals surface area contributed by atoms with Gasteiger partial charge in [0.15, 0.2) is 0 Å². The van der Waals surface area contributed by atoms with Crippen molar-refractivity contribution in [1.82, 2.24) is 19.7 Å². The van der Waals surface area contributed by atoms with Gasteiger partial charge in [-0.25, -0.2) is 0 Å². The fourth-order valence-corrected chi connectivity index (χ4v) is 3.98. The molecule has 0 saturated carbocycles. The maximum Gasteiger partial charge on any atom is 0.432 e. The Hall–Kier alpha value is -3.85. The lowest BCUT2D eigenvalue weighted by molar-refractivity contribution is -0.142. The van der Waals surface area contributed by atoms with Crippen LogP contribution in [0.4, 0.5) is 13.2 Å². The number of benzene rings is 2. The predicted molar refractivity (Wildman–Crippen MR) is 121 cm³/mol. The first-order valence-corrected chi connectivity index (χ1v) is 10.5. The minimum Gasteiger partial charge on any atom is -0.497 e. The molecule has 5 aromatic rings. The van der Waals surface area contributed by atoms with Crippen molar-refractivity contribution in [3.8, 4) is 28.6 Å². The monoisotopic (exact) mass is 484 g/mol. The fraction of sp³-hybridized carbons (Fsp3) is 0.125. The molecule has 6 nitrogen and oxygen atoms in total. The number of alkyl halides is 3. The van der Waals surface area contributed by atoms with Gasteiger partial charge in [0.05, 0.1) is 12.7 Å². The second-order valence-electron chi connectivity index (χ2n) is 7.48. The summed E-state index contributed by atoms with van der Waals surface area (Å²) in [6.07, 6.45) is -1.63. The Morgan fingerprint density at radius 1 is 1.03 bits per heavy atom. The number of hydrogen-bond donors (Lipinski definition) is 0. The molecule has 5 rings (SSSR count). The summed E-state index contributed by atoms with van der Waals surface area (Å²) in [4.78, 5) is 8.22. The van der Waals surface area contributed by atoms with Crippen molar-refractivity contribution in [1.29, 1.82) is 0 Å². The first kappa shape index (κ1) is 22.0. The molecular weight excluding hydrogens is 469 g/mol. The van der Waals surface area contributed by atoms with Crippen molar-refractivity contribution in [3.63, 3.8) is 0 Å². The third kappa shape index (κ3) is 3.99. The van der Waals surface area contributed by atoms with Crippen LogP contribution in [0.2, 0.25) is 5.02 Å². The second-order valence-corrected chi connectivity index (χ2v) is 7.91. The van der Waals surface area contributed by atoms with Gasteiger partial charge in [-0.1, -0.05) is 28.9 Å². The van der Waals surface area contributed by atoms with Crippen LogP contribution in [0, 0.1) is 0 Å². The number of methoxy groups -OCH3 is 1. The van der Waals surface area contributed by atoms with Crippen LogP contribution in [-0.2, 0) is 12.7 Å². The number of rotatable bonds is 5. The Kier molecular flexibility index (Phi) is 5.49. The van der Waals surface area contributed by atoms with E-state index in [0.29, 0.717) is 27.4 Å². The van der Waals surface area contributed by atoms with E-state index in [9.17, 15) is 13.2 Å². The number of halogens is 4. The van der Waals surface area contributed by atoms with E-state index in [1.54, 1.807) is 48.5 Å². The van der Waals surface area contributed by atoms with Crippen molar-refractivity contribution in [2.24, 2.45) is 0 Å². The number of fused-ring (bicyclic) bond motifs is 1. The zero-order valence-electron chi connectivity index (χ0n) is 17.7. The highest BCUT2D eigenvalue weighted by Gasteiger charge is 2.41.